The first kappa shape index (κ1) is 12.3. The molecule has 3 rings (SSSR count). The number of fused-ring (bicyclic) bond motifs is 1. The van der Waals surface area contributed by atoms with Crippen molar-refractivity contribution in [1.29, 1.82) is 0 Å². The minimum Gasteiger partial charge on any atom is -0.310 e. The van der Waals surface area contributed by atoms with Crippen LogP contribution < -0.4 is 4.90 Å². The number of carbonyl (C=O) groups excluding carboxylic acids is 1. The van der Waals surface area contributed by atoms with E-state index in [1.54, 1.807) is 19.2 Å². The van der Waals surface area contributed by atoms with Crippen LogP contribution in [-0.4, -0.2) is 23.2 Å². The van der Waals surface area contributed by atoms with Gasteiger partial charge in [0.1, 0.15) is 5.82 Å². The number of carbonyl (C=O) groups is 1. The van der Waals surface area contributed by atoms with Gasteiger partial charge in [-0.25, -0.2) is 4.39 Å². The number of hydrogen-bond donors (Lipinski definition) is 1. The molecule has 1 amide bonds. The van der Waals surface area contributed by atoms with Crippen LogP contribution >= 0.6 is 0 Å². The summed E-state index contributed by atoms with van der Waals surface area (Å²) in [4.78, 5) is 13.8. The summed E-state index contributed by atoms with van der Waals surface area (Å²) in [6.45, 7) is 0. The maximum absolute atomic E-state index is 13.2. The Balaban J connectivity index is 2.00. The Labute approximate surface area is 114 Å². The fourth-order valence-electron chi connectivity index (χ4n) is 2.09. The van der Waals surface area contributed by atoms with E-state index in [-0.39, 0.29) is 11.7 Å². The molecular formula is C15H12FN3O. The third kappa shape index (κ3) is 2.03. The summed E-state index contributed by atoms with van der Waals surface area (Å²) in [5.74, 6) is -0.665. The Morgan fingerprint density at radius 3 is 2.80 bits per heavy atom. The monoisotopic (exact) mass is 269 g/mol. The van der Waals surface area contributed by atoms with Crippen LogP contribution in [0.5, 0.6) is 0 Å². The van der Waals surface area contributed by atoms with Gasteiger partial charge in [0.15, 0.2) is 5.69 Å². The number of nitrogens with one attached hydrogen (secondary N) is 1. The molecule has 0 aliphatic rings. The molecule has 3 aromatic rings. The van der Waals surface area contributed by atoms with Crippen molar-refractivity contribution in [3.63, 3.8) is 0 Å². The molecule has 0 aliphatic carbocycles. The van der Waals surface area contributed by atoms with Crippen molar-refractivity contribution in [2.24, 2.45) is 0 Å². The summed E-state index contributed by atoms with van der Waals surface area (Å²) in [5, 5.41) is 7.62. The van der Waals surface area contributed by atoms with Gasteiger partial charge in [0, 0.05) is 18.1 Å². The van der Waals surface area contributed by atoms with Crippen LogP contribution in [0.1, 0.15) is 10.5 Å². The van der Waals surface area contributed by atoms with Crippen LogP contribution in [0.15, 0.2) is 48.5 Å². The summed E-state index contributed by atoms with van der Waals surface area (Å²) in [7, 11) is 1.60. The second kappa shape index (κ2) is 4.77. The molecule has 1 heterocycles. The first-order chi connectivity index (χ1) is 9.66. The maximum atomic E-state index is 13.2. The molecule has 0 atom stereocenters. The highest BCUT2D eigenvalue weighted by Gasteiger charge is 2.19. The van der Waals surface area contributed by atoms with E-state index in [1.165, 1.54) is 17.0 Å². The fourth-order valence-corrected chi connectivity index (χ4v) is 2.09. The van der Waals surface area contributed by atoms with Crippen molar-refractivity contribution in [3.8, 4) is 0 Å². The van der Waals surface area contributed by atoms with Crippen LogP contribution in [0.4, 0.5) is 10.1 Å². The van der Waals surface area contributed by atoms with Gasteiger partial charge < -0.3 is 4.90 Å². The Morgan fingerprint density at radius 2 is 2.00 bits per heavy atom. The zero-order valence-corrected chi connectivity index (χ0v) is 10.8. The maximum Gasteiger partial charge on any atom is 0.279 e. The molecule has 4 nitrogen and oxygen atoms in total. The van der Waals surface area contributed by atoms with Gasteiger partial charge in [0.25, 0.3) is 5.91 Å². The molecule has 0 radical (unpaired) electrons. The van der Waals surface area contributed by atoms with Crippen LogP contribution in [-0.2, 0) is 0 Å². The number of anilines is 1. The van der Waals surface area contributed by atoms with E-state index < -0.39 is 0 Å². The molecule has 0 saturated carbocycles. The number of rotatable bonds is 2. The van der Waals surface area contributed by atoms with E-state index in [4.69, 9.17) is 0 Å². The van der Waals surface area contributed by atoms with Crippen molar-refractivity contribution in [2.45, 2.75) is 0 Å². The summed E-state index contributed by atoms with van der Waals surface area (Å²) in [6, 6.07) is 13.3. The molecule has 1 aromatic heterocycles. The first-order valence-electron chi connectivity index (χ1n) is 6.13. The number of aromatic nitrogens is 2. The van der Waals surface area contributed by atoms with E-state index in [0.29, 0.717) is 11.4 Å². The van der Waals surface area contributed by atoms with Crippen LogP contribution in [0.3, 0.4) is 0 Å². The SMILES string of the molecule is CN(C(=O)c1n[nH]c2ccccc12)c1cccc(F)c1. The van der Waals surface area contributed by atoms with Gasteiger partial charge in [-0.2, -0.15) is 5.10 Å². The lowest BCUT2D eigenvalue weighted by Gasteiger charge is -2.16. The standard InChI is InChI=1S/C15H12FN3O/c1-19(11-6-4-5-10(16)9-11)15(20)14-12-7-2-3-8-13(12)17-18-14/h2-9H,1H3,(H,17,18). The second-order valence-electron chi connectivity index (χ2n) is 4.46. The number of benzene rings is 2. The third-order valence-corrected chi connectivity index (χ3v) is 3.17. The number of para-hydroxylation sites is 1. The quantitative estimate of drug-likeness (QED) is 0.777. The molecule has 20 heavy (non-hydrogen) atoms. The number of halogens is 1. The van der Waals surface area contributed by atoms with Crippen LogP contribution in [0.2, 0.25) is 0 Å². The van der Waals surface area contributed by atoms with Crippen LogP contribution in [0.25, 0.3) is 10.9 Å². The Kier molecular flexibility index (Phi) is 2.95. The number of H-pyrrole nitrogens is 1. The molecule has 1 N–H and O–H groups in total. The van der Waals surface area contributed by atoms with E-state index in [9.17, 15) is 9.18 Å². The molecule has 100 valence electrons. The zero-order valence-electron chi connectivity index (χ0n) is 10.8. The predicted octanol–water partition coefficient (Wildman–Crippen LogP) is 2.98. The normalized spacial score (nSPS) is 10.7. The van der Waals surface area contributed by atoms with Gasteiger partial charge in [-0.1, -0.05) is 24.3 Å². The van der Waals surface area contributed by atoms with Crippen molar-refractivity contribution >= 4 is 22.5 Å². The van der Waals surface area contributed by atoms with Gasteiger partial charge in [0.2, 0.25) is 0 Å². The predicted molar refractivity (Wildman–Crippen MR) is 75.2 cm³/mol. The summed E-state index contributed by atoms with van der Waals surface area (Å²) in [6.07, 6.45) is 0. The highest BCUT2D eigenvalue weighted by molar-refractivity contribution is 6.12. The average Bonchev–Trinajstić information content (AvgIpc) is 2.89. The lowest BCUT2D eigenvalue weighted by molar-refractivity contribution is 0.0989. The summed E-state index contributed by atoms with van der Waals surface area (Å²) in [5.41, 5.74) is 1.61. The molecule has 5 heteroatoms. The Bertz CT molecular complexity index is 781. The highest BCUT2D eigenvalue weighted by Crippen LogP contribution is 2.20. The van der Waals surface area contributed by atoms with E-state index in [1.807, 2.05) is 24.3 Å². The lowest BCUT2D eigenvalue weighted by atomic mass is 10.2. The number of nitrogens with zero attached hydrogens (tertiary/aromatic N) is 2. The largest absolute Gasteiger partial charge is 0.310 e. The van der Waals surface area contributed by atoms with Gasteiger partial charge in [-0.15, -0.1) is 0 Å². The number of aromatic amines is 1. The fraction of sp³-hybridized carbons (Fsp3) is 0.0667. The van der Waals surface area contributed by atoms with E-state index >= 15 is 0 Å². The van der Waals surface area contributed by atoms with E-state index in [0.717, 1.165) is 10.9 Å². The van der Waals surface area contributed by atoms with Crippen molar-refractivity contribution in [1.82, 2.24) is 10.2 Å². The lowest BCUT2D eigenvalue weighted by Crippen LogP contribution is -2.26. The van der Waals surface area contributed by atoms with Crippen molar-refractivity contribution in [2.75, 3.05) is 11.9 Å². The Hall–Kier alpha value is -2.69. The van der Waals surface area contributed by atoms with Gasteiger partial charge in [0.05, 0.1) is 5.52 Å². The second-order valence-corrected chi connectivity index (χ2v) is 4.46. The summed E-state index contributed by atoms with van der Waals surface area (Å²) >= 11 is 0. The molecule has 0 bridgehead atoms. The number of hydrogen-bond acceptors (Lipinski definition) is 2. The minimum absolute atomic E-state index is 0.284. The molecule has 0 unspecified atom stereocenters. The molecule has 0 fully saturated rings. The van der Waals surface area contributed by atoms with Gasteiger partial charge >= 0.3 is 0 Å². The summed E-state index contributed by atoms with van der Waals surface area (Å²) < 4.78 is 13.2. The molecule has 0 aliphatic heterocycles. The number of amides is 1. The average molecular weight is 269 g/mol. The molecule has 2 aromatic carbocycles. The zero-order chi connectivity index (χ0) is 14.1. The topological polar surface area (TPSA) is 49.0 Å². The molecular weight excluding hydrogens is 257 g/mol. The first-order valence-corrected chi connectivity index (χ1v) is 6.13. The van der Waals surface area contributed by atoms with Gasteiger partial charge in [-0.05, 0) is 24.3 Å². The van der Waals surface area contributed by atoms with Crippen molar-refractivity contribution in [3.05, 3.63) is 60.0 Å². The van der Waals surface area contributed by atoms with Crippen molar-refractivity contribution < 1.29 is 9.18 Å². The minimum atomic E-state index is -0.381. The third-order valence-electron chi connectivity index (χ3n) is 3.17. The smallest absolute Gasteiger partial charge is 0.279 e. The van der Waals surface area contributed by atoms with E-state index in [2.05, 4.69) is 10.2 Å². The Morgan fingerprint density at radius 1 is 1.20 bits per heavy atom. The van der Waals surface area contributed by atoms with Crippen LogP contribution in [0, 0.1) is 5.82 Å². The molecule has 0 saturated heterocycles. The van der Waals surface area contributed by atoms with Gasteiger partial charge in [-0.3, -0.25) is 9.89 Å². The highest BCUT2D eigenvalue weighted by atomic mass is 19.1. The molecule has 0 spiro atoms.